The van der Waals surface area contributed by atoms with Crippen LogP contribution in [-0.4, -0.2) is 40.3 Å². The van der Waals surface area contributed by atoms with Crippen molar-refractivity contribution in [3.63, 3.8) is 0 Å². The Morgan fingerprint density at radius 1 is 1.11 bits per heavy atom. The van der Waals surface area contributed by atoms with Gasteiger partial charge in [0.25, 0.3) is 0 Å². The third kappa shape index (κ3) is 6.04. The fourth-order valence-electron chi connectivity index (χ4n) is 2.51. The summed E-state index contributed by atoms with van der Waals surface area (Å²) in [6.07, 6.45) is 0. The van der Waals surface area contributed by atoms with Crippen LogP contribution in [0.3, 0.4) is 0 Å². The molecule has 2 rings (SSSR count). The number of methoxy groups -OCH3 is 3. The zero-order chi connectivity index (χ0) is 19.8. The van der Waals surface area contributed by atoms with E-state index in [0.29, 0.717) is 36.1 Å². The number of halogens is 1. The van der Waals surface area contributed by atoms with Gasteiger partial charge in [-0.2, -0.15) is 0 Å². The lowest BCUT2D eigenvalue weighted by Crippen LogP contribution is -2.36. The maximum atomic E-state index is 11.6. The van der Waals surface area contributed by atoms with E-state index in [4.69, 9.17) is 18.6 Å². The molecular formula is C19H26IN3O5. The summed E-state index contributed by atoms with van der Waals surface area (Å²) in [5.41, 5.74) is 1.38. The minimum atomic E-state index is -0.420. The van der Waals surface area contributed by atoms with E-state index in [-0.39, 0.29) is 24.0 Å². The van der Waals surface area contributed by atoms with E-state index in [1.807, 2.05) is 18.2 Å². The molecule has 0 aliphatic rings. The largest absolute Gasteiger partial charge is 0.497 e. The number of aryl methyl sites for hydroxylation is 1. The first-order valence-electron chi connectivity index (χ1n) is 8.35. The van der Waals surface area contributed by atoms with Gasteiger partial charge in [0, 0.05) is 25.2 Å². The molecule has 0 fully saturated rings. The van der Waals surface area contributed by atoms with Gasteiger partial charge in [0.2, 0.25) is 0 Å². The Hall–Kier alpha value is -2.43. The second-order valence-electron chi connectivity index (χ2n) is 5.63. The molecule has 0 aliphatic heterocycles. The molecule has 9 heteroatoms. The van der Waals surface area contributed by atoms with Gasteiger partial charge in [0.1, 0.15) is 28.6 Å². The number of guanidine groups is 1. The van der Waals surface area contributed by atoms with E-state index in [2.05, 4.69) is 15.6 Å². The molecule has 154 valence electrons. The van der Waals surface area contributed by atoms with E-state index < -0.39 is 5.97 Å². The highest BCUT2D eigenvalue weighted by Gasteiger charge is 2.15. The second-order valence-corrected chi connectivity index (χ2v) is 5.63. The van der Waals surface area contributed by atoms with Gasteiger partial charge < -0.3 is 29.3 Å². The normalized spacial score (nSPS) is 10.7. The van der Waals surface area contributed by atoms with Crippen LogP contribution in [0.2, 0.25) is 0 Å². The van der Waals surface area contributed by atoms with Crippen LogP contribution >= 0.6 is 24.0 Å². The van der Waals surface area contributed by atoms with Gasteiger partial charge in [0.15, 0.2) is 5.96 Å². The number of ether oxygens (including phenoxy) is 3. The Balaban J connectivity index is 0.00000392. The van der Waals surface area contributed by atoms with Gasteiger partial charge >= 0.3 is 5.97 Å². The number of esters is 1. The Bertz CT molecular complexity index is 820. The van der Waals surface area contributed by atoms with Crippen LogP contribution in [0.4, 0.5) is 0 Å². The Labute approximate surface area is 181 Å². The number of rotatable bonds is 7. The molecule has 1 aromatic heterocycles. The molecule has 0 saturated heterocycles. The molecule has 8 nitrogen and oxygen atoms in total. The van der Waals surface area contributed by atoms with Crippen molar-refractivity contribution >= 4 is 35.9 Å². The number of carbonyl (C=O) groups excluding carboxylic acids is 1. The van der Waals surface area contributed by atoms with Crippen LogP contribution in [0.1, 0.15) is 27.4 Å². The van der Waals surface area contributed by atoms with E-state index in [0.717, 1.165) is 17.1 Å². The fraction of sp³-hybridized carbons (Fsp3) is 0.368. The molecule has 1 heterocycles. The van der Waals surface area contributed by atoms with Crippen molar-refractivity contribution in [3.8, 4) is 11.5 Å². The number of nitrogens with one attached hydrogen (secondary N) is 2. The van der Waals surface area contributed by atoms with Gasteiger partial charge in [-0.05, 0) is 25.1 Å². The number of hydrogen-bond acceptors (Lipinski definition) is 6. The van der Waals surface area contributed by atoms with Crippen molar-refractivity contribution in [3.05, 3.63) is 46.9 Å². The first kappa shape index (κ1) is 23.6. The minimum absolute atomic E-state index is 0. The lowest BCUT2D eigenvalue weighted by atomic mass is 10.2. The van der Waals surface area contributed by atoms with Crippen LogP contribution in [-0.2, 0) is 17.8 Å². The summed E-state index contributed by atoms with van der Waals surface area (Å²) in [5, 5.41) is 6.35. The predicted octanol–water partition coefficient (Wildman–Crippen LogP) is 2.88. The van der Waals surface area contributed by atoms with Crippen LogP contribution in [0.15, 0.2) is 33.7 Å². The molecule has 0 amide bonds. The smallest absolute Gasteiger partial charge is 0.341 e. The quantitative estimate of drug-likeness (QED) is 0.260. The molecule has 0 spiro atoms. The molecule has 0 saturated carbocycles. The lowest BCUT2D eigenvalue weighted by Gasteiger charge is -2.14. The Kier molecular flexibility index (Phi) is 9.63. The molecule has 28 heavy (non-hydrogen) atoms. The van der Waals surface area contributed by atoms with Crippen LogP contribution in [0.25, 0.3) is 0 Å². The monoisotopic (exact) mass is 503 g/mol. The summed E-state index contributed by atoms with van der Waals surface area (Å²) in [7, 11) is 6.24. The van der Waals surface area contributed by atoms with Gasteiger partial charge in [-0.15, -0.1) is 24.0 Å². The molecule has 0 bridgehead atoms. The average Bonchev–Trinajstić information content (AvgIpc) is 3.07. The molecular weight excluding hydrogens is 477 g/mol. The van der Waals surface area contributed by atoms with Crippen LogP contribution < -0.4 is 20.1 Å². The topological polar surface area (TPSA) is 94.3 Å². The van der Waals surface area contributed by atoms with Crippen molar-refractivity contribution in [2.75, 3.05) is 28.4 Å². The van der Waals surface area contributed by atoms with Gasteiger partial charge in [0.05, 0.1) is 27.9 Å². The first-order valence-corrected chi connectivity index (χ1v) is 8.35. The van der Waals surface area contributed by atoms with E-state index >= 15 is 0 Å². The lowest BCUT2D eigenvalue weighted by molar-refractivity contribution is 0.0599. The molecule has 0 aliphatic carbocycles. The van der Waals surface area contributed by atoms with Crippen molar-refractivity contribution < 1.29 is 23.4 Å². The van der Waals surface area contributed by atoms with Gasteiger partial charge in [-0.25, -0.2) is 4.79 Å². The number of benzene rings is 1. The summed E-state index contributed by atoms with van der Waals surface area (Å²) >= 11 is 0. The second kappa shape index (κ2) is 11.4. The van der Waals surface area contributed by atoms with Gasteiger partial charge in [-0.3, -0.25) is 4.99 Å². The van der Waals surface area contributed by atoms with E-state index in [9.17, 15) is 4.79 Å². The summed E-state index contributed by atoms with van der Waals surface area (Å²) in [6, 6.07) is 7.29. The van der Waals surface area contributed by atoms with E-state index in [1.165, 1.54) is 7.11 Å². The van der Waals surface area contributed by atoms with Gasteiger partial charge in [-0.1, -0.05) is 0 Å². The van der Waals surface area contributed by atoms with Crippen molar-refractivity contribution in [1.82, 2.24) is 10.6 Å². The van der Waals surface area contributed by atoms with Crippen molar-refractivity contribution in [2.45, 2.75) is 20.0 Å². The number of carbonyl (C=O) groups is 1. The minimum Gasteiger partial charge on any atom is -0.497 e. The maximum absolute atomic E-state index is 11.6. The zero-order valence-electron chi connectivity index (χ0n) is 16.6. The molecule has 1 aromatic carbocycles. The summed E-state index contributed by atoms with van der Waals surface area (Å²) in [6.45, 7) is 2.60. The third-order valence-corrected chi connectivity index (χ3v) is 3.97. The molecule has 2 aromatic rings. The fourth-order valence-corrected chi connectivity index (χ4v) is 2.51. The SMILES string of the molecule is CN=C(NCc1cc(C(=O)OC)c(C)o1)NCc1ccc(OC)cc1OC.I. The number of furan rings is 1. The van der Waals surface area contributed by atoms with E-state index in [1.54, 1.807) is 34.3 Å². The highest BCUT2D eigenvalue weighted by Crippen LogP contribution is 2.24. The number of hydrogen-bond donors (Lipinski definition) is 2. The number of aliphatic imine (C=N–C) groups is 1. The summed E-state index contributed by atoms with van der Waals surface area (Å²) in [5.74, 6) is 2.75. The zero-order valence-corrected chi connectivity index (χ0v) is 19.0. The predicted molar refractivity (Wildman–Crippen MR) is 117 cm³/mol. The van der Waals surface area contributed by atoms with Crippen LogP contribution in [0, 0.1) is 6.92 Å². The molecule has 0 unspecified atom stereocenters. The van der Waals surface area contributed by atoms with Crippen LogP contribution in [0.5, 0.6) is 11.5 Å². The van der Waals surface area contributed by atoms with Crippen molar-refractivity contribution in [1.29, 1.82) is 0 Å². The first-order chi connectivity index (χ1) is 13.0. The molecule has 2 N–H and O–H groups in total. The highest BCUT2D eigenvalue weighted by atomic mass is 127. The number of nitrogens with zero attached hydrogens (tertiary/aromatic N) is 1. The molecule has 0 atom stereocenters. The average molecular weight is 503 g/mol. The Morgan fingerprint density at radius 2 is 1.82 bits per heavy atom. The highest BCUT2D eigenvalue weighted by molar-refractivity contribution is 14.0. The van der Waals surface area contributed by atoms with Crippen molar-refractivity contribution in [2.24, 2.45) is 4.99 Å². The third-order valence-electron chi connectivity index (χ3n) is 3.97. The maximum Gasteiger partial charge on any atom is 0.341 e. The Morgan fingerprint density at radius 3 is 2.43 bits per heavy atom. The summed E-state index contributed by atoms with van der Waals surface area (Å²) in [4.78, 5) is 15.8. The summed E-state index contributed by atoms with van der Waals surface area (Å²) < 4.78 is 20.9. The molecule has 0 radical (unpaired) electrons. The standard InChI is InChI=1S/C19H25N3O5.HI/c1-12-16(18(23)26-5)8-15(27-12)11-22-19(20-2)21-10-13-6-7-14(24-3)9-17(13)25-4;/h6-9H,10-11H2,1-5H3,(H2,20,21,22);1H.